The number of ether oxygens (including phenoxy) is 1. The molecule has 0 aromatic heterocycles. The summed E-state index contributed by atoms with van der Waals surface area (Å²) >= 11 is 0. The van der Waals surface area contributed by atoms with E-state index in [0.29, 0.717) is 37.6 Å². The number of Topliss-reactive ketones (excluding diaryl/α,β-unsaturated/α-hetero) is 1. The quantitative estimate of drug-likeness (QED) is 0.439. The zero-order chi connectivity index (χ0) is 28.5. The lowest BCUT2D eigenvalue weighted by atomic mass is 9.46. The fraction of sp³-hybridized carbons (Fsp3) is 0.636. The summed E-state index contributed by atoms with van der Waals surface area (Å²) in [7, 11) is 0. The van der Waals surface area contributed by atoms with Gasteiger partial charge < -0.3 is 15.2 Å². The second-order valence-corrected chi connectivity index (χ2v) is 13.0. The highest BCUT2D eigenvalue weighted by atomic mass is 16.5. The van der Waals surface area contributed by atoms with Crippen LogP contribution in [-0.4, -0.2) is 47.3 Å². The van der Waals surface area contributed by atoms with Gasteiger partial charge >= 0.3 is 5.97 Å². The van der Waals surface area contributed by atoms with Crippen molar-refractivity contribution in [3.63, 3.8) is 0 Å². The third-order valence-electron chi connectivity index (χ3n) is 11.1. The molecule has 0 saturated heterocycles. The van der Waals surface area contributed by atoms with E-state index in [2.05, 4.69) is 19.2 Å². The van der Waals surface area contributed by atoms with Crippen LogP contribution in [0.5, 0.6) is 0 Å². The number of hydrogen-bond acceptors (Lipinski definition) is 6. The first kappa shape index (κ1) is 28.7. The van der Waals surface area contributed by atoms with Crippen LogP contribution < -0.4 is 5.32 Å². The summed E-state index contributed by atoms with van der Waals surface area (Å²) in [4.78, 5) is 49.9. The number of amides is 1. The highest BCUT2D eigenvalue weighted by Gasteiger charge is 2.66. The summed E-state index contributed by atoms with van der Waals surface area (Å²) in [5.74, 6) is 0.0819. The number of fused-ring (bicyclic) bond motifs is 5. The second-order valence-electron chi connectivity index (χ2n) is 13.0. The van der Waals surface area contributed by atoms with Crippen molar-refractivity contribution in [2.24, 2.45) is 28.6 Å². The molecule has 216 valence electrons. The topological polar surface area (TPSA) is 110 Å². The van der Waals surface area contributed by atoms with Crippen molar-refractivity contribution in [1.29, 1.82) is 0 Å². The molecule has 4 aliphatic rings. The van der Waals surface area contributed by atoms with Gasteiger partial charge in [-0.2, -0.15) is 0 Å². The van der Waals surface area contributed by atoms with E-state index in [1.165, 1.54) is 5.57 Å². The van der Waals surface area contributed by atoms with E-state index < -0.39 is 29.4 Å². The van der Waals surface area contributed by atoms with Gasteiger partial charge in [0.1, 0.15) is 5.60 Å². The number of carbonyl (C=O) groups excluding carboxylic acids is 4. The van der Waals surface area contributed by atoms with Crippen LogP contribution in [0.4, 0.5) is 0 Å². The van der Waals surface area contributed by atoms with E-state index in [1.807, 2.05) is 36.4 Å². The molecule has 0 bridgehead atoms. The van der Waals surface area contributed by atoms with E-state index in [0.717, 1.165) is 44.1 Å². The van der Waals surface area contributed by atoms with Crippen LogP contribution >= 0.6 is 0 Å². The molecule has 0 spiro atoms. The fourth-order valence-electron chi connectivity index (χ4n) is 8.67. The monoisotopic (exact) mass is 549 g/mol. The molecule has 3 fully saturated rings. The summed E-state index contributed by atoms with van der Waals surface area (Å²) < 4.78 is 5.27. The molecule has 0 radical (unpaired) electrons. The zero-order valence-corrected chi connectivity index (χ0v) is 23.9. The van der Waals surface area contributed by atoms with Crippen LogP contribution in [0, 0.1) is 28.6 Å². The lowest BCUT2D eigenvalue weighted by Crippen LogP contribution is -2.58. The Morgan fingerprint density at radius 2 is 1.73 bits per heavy atom. The first-order valence-corrected chi connectivity index (χ1v) is 15.0. The smallest absolute Gasteiger partial charge is 0.306 e. The zero-order valence-electron chi connectivity index (χ0n) is 23.9. The molecule has 0 unspecified atom stereocenters. The molecule has 1 amide bonds. The molecule has 6 atom stereocenters. The lowest BCUT2D eigenvalue weighted by Gasteiger charge is -2.58. The van der Waals surface area contributed by atoms with Crippen molar-refractivity contribution in [3.05, 3.63) is 47.5 Å². The summed E-state index contributed by atoms with van der Waals surface area (Å²) in [5.41, 5.74) is 0.386. The van der Waals surface area contributed by atoms with Gasteiger partial charge in [0.15, 0.2) is 12.4 Å². The average molecular weight is 550 g/mol. The van der Waals surface area contributed by atoms with Crippen LogP contribution in [0.2, 0.25) is 0 Å². The Balaban J connectivity index is 1.12. The Hall–Kier alpha value is -2.80. The normalized spacial score (nSPS) is 34.6. The van der Waals surface area contributed by atoms with Crippen molar-refractivity contribution in [2.75, 3.05) is 13.2 Å². The molecule has 0 aliphatic heterocycles. The maximum atomic E-state index is 13.4. The Labute approximate surface area is 237 Å². The number of aliphatic hydroxyl groups is 1. The minimum atomic E-state index is -1.52. The minimum Gasteiger partial charge on any atom is -0.458 e. The molecule has 2 N–H and O–H groups in total. The van der Waals surface area contributed by atoms with E-state index in [-0.39, 0.29) is 35.9 Å². The first-order chi connectivity index (χ1) is 19.1. The van der Waals surface area contributed by atoms with Crippen molar-refractivity contribution in [3.8, 4) is 0 Å². The number of carbonyl (C=O) groups is 4. The van der Waals surface area contributed by atoms with Gasteiger partial charge in [-0.05, 0) is 86.2 Å². The Kier molecular flexibility index (Phi) is 8.06. The largest absolute Gasteiger partial charge is 0.458 e. The van der Waals surface area contributed by atoms with Crippen molar-refractivity contribution in [2.45, 2.75) is 90.1 Å². The minimum absolute atomic E-state index is 0.00423. The van der Waals surface area contributed by atoms with E-state index in [1.54, 1.807) is 0 Å². The van der Waals surface area contributed by atoms with Gasteiger partial charge in [0.25, 0.3) is 0 Å². The maximum Gasteiger partial charge on any atom is 0.306 e. The molecule has 1 aromatic rings. The standard InChI is InChI=1S/C33H43NO6/c1-31-16-12-24(35)20-23(31)8-9-25-26(31)13-17-32(2)27(25)14-18-33(32,39)28(36)21-40-30(38)11-10-29(37)34-19-15-22-6-4-3-5-7-22/h3-7,20,25-27,39H,8-19,21H2,1-2H3,(H,34,37)/t25-,26+,27+,31+,32+,33+/m1/s1. The van der Waals surface area contributed by atoms with E-state index in [4.69, 9.17) is 4.74 Å². The fourth-order valence-corrected chi connectivity index (χ4v) is 8.67. The van der Waals surface area contributed by atoms with Gasteiger partial charge in [0.2, 0.25) is 11.7 Å². The average Bonchev–Trinajstić information content (AvgIpc) is 3.23. The van der Waals surface area contributed by atoms with E-state index >= 15 is 0 Å². The van der Waals surface area contributed by atoms with Crippen molar-refractivity contribution >= 4 is 23.4 Å². The van der Waals surface area contributed by atoms with Gasteiger partial charge in [-0.25, -0.2) is 0 Å². The predicted molar refractivity (Wildman–Crippen MR) is 150 cm³/mol. The van der Waals surface area contributed by atoms with Gasteiger partial charge in [-0.1, -0.05) is 49.8 Å². The van der Waals surface area contributed by atoms with Crippen molar-refractivity contribution in [1.82, 2.24) is 5.32 Å². The third-order valence-corrected chi connectivity index (χ3v) is 11.1. The first-order valence-electron chi connectivity index (χ1n) is 15.0. The lowest BCUT2D eigenvalue weighted by molar-refractivity contribution is -0.170. The summed E-state index contributed by atoms with van der Waals surface area (Å²) in [6.07, 6.45) is 8.74. The molecule has 5 rings (SSSR count). The molecule has 1 aromatic carbocycles. The third kappa shape index (κ3) is 5.17. The summed E-state index contributed by atoms with van der Waals surface area (Å²) in [6.45, 7) is 4.40. The maximum absolute atomic E-state index is 13.4. The molecular weight excluding hydrogens is 506 g/mol. The second kappa shape index (κ2) is 11.2. The van der Waals surface area contributed by atoms with Crippen LogP contribution in [0.25, 0.3) is 0 Å². The highest BCUT2D eigenvalue weighted by Crippen LogP contribution is 2.67. The summed E-state index contributed by atoms with van der Waals surface area (Å²) in [5, 5.41) is 14.6. The SMILES string of the molecule is C[C@]12CCC(=O)C=C1CC[C@@H]1[C@@H]2CC[C@@]2(C)[C@H]1CC[C@]2(O)C(=O)COC(=O)CCC(=O)NCCc1ccccc1. The number of nitrogens with one attached hydrogen (secondary N) is 1. The van der Waals surface area contributed by atoms with Crippen LogP contribution in [-0.2, 0) is 30.3 Å². The van der Waals surface area contributed by atoms with Crippen LogP contribution in [0.15, 0.2) is 42.0 Å². The van der Waals surface area contributed by atoms with Crippen LogP contribution in [0.1, 0.15) is 83.6 Å². The predicted octanol–water partition coefficient (Wildman–Crippen LogP) is 4.50. The summed E-state index contributed by atoms with van der Waals surface area (Å²) in [6, 6.07) is 9.83. The molecule has 7 heteroatoms. The number of hydrogen-bond donors (Lipinski definition) is 2. The van der Waals surface area contributed by atoms with E-state index in [9.17, 15) is 24.3 Å². The number of ketones is 2. The molecule has 40 heavy (non-hydrogen) atoms. The van der Waals surface area contributed by atoms with Gasteiger partial charge in [0, 0.05) is 24.8 Å². The molecular formula is C33H43NO6. The van der Waals surface area contributed by atoms with Gasteiger partial charge in [-0.15, -0.1) is 0 Å². The van der Waals surface area contributed by atoms with Gasteiger partial charge in [0.05, 0.1) is 6.42 Å². The Morgan fingerprint density at radius 3 is 2.50 bits per heavy atom. The number of allylic oxidation sites excluding steroid dienone is 1. The van der Waals surface area contributed by atoms with Gasteiger partial charge in [-0.3, -0.25) is 19.2 Å². The molecule has 4 aliphatic carbocycles. The van der Waals surface area contributed by atoms with Crippen LogP contribution in [0.3, 0.4) is 0 Å². The highest BCUT2D eigenvalue weighted by molar-refractivity contribution is 5.92. The number of rotatable bonds is 9. The number of benzene rings is 1. The molecule has 7 nitrogen and oxygen atoms in total. The number of esters is 1. The molecule has 0 heterocycles. The molecule has 3 saturated carbocycles. The van der Waals surface area contributed by atoms with Crippen molar-refractivity contribution < 1.29 is 29.0 Å². The Morgan fingerprint density at radius 1 is 0.975 bits per heavy atom. The Bertz CT molecular complexity index is 1190.